The molecule has 0 aliphatic heterocycles. The van der Waals surface area contributed by atoms with E-state index in [1.165, 1.54) is 270 Å². The van der Waals surface area contributed by atoms with E-state index in [1.807, 2.05) is 0 Å². The predicted octanol–water partition coefficient (Wildman–Crippen LogP) is 18.5. The maximum Gasteiger partial charge on any atom is 0.151 e. The molecule has 396 valence electrons. The van der Waals surface area contributed by atoms with Crippen molar-refractivity contribution >= 4 is 6.29 Å². The molecule has 0 unspecified atom stereocenters. The number of rotatable bonds is 59. The van der Waals surface area contributed by atoms with Gasteiger partial charge in [-0.3, -0.25) is 0 Å². The third-order valence-electron chi connectivity index (χ3n) is 14.2. The highest BCUT2D eigenvalue weighted by Crippen LogP contribution is 2.20. The van der Waals surface area contributed by atoms with Gasteiger partial charge in [-0.25, -0.2) is 0 Å². The van der Waals surface area contributed by atoms with Gasteiger partial charge in [0.2, 0.25) is 0 Å². The standard InChI is InChI=1S/C60H120O6/c1-4-7-10-13-16-19-22-25-28-31-34-37-40-43-46-49-52-64-56-58(63)60(66-54-51-48-45-42-39-36-33-30-27-24-21-18-15-12-9-6-3)59(57(62)55-61)65-53-50-47-44-41-38-35-32-29-26-23-20-17-14-11-8-5-2/h55,57-60,62-63H,4-54,56H2,1-3H3/t57-,58+,59+,60+/m0/s1. The molecule has 0 rings (SSSR count). The SMILES string of the molecule is CCCCCCCCCCCCCCCCCCOC[C@@H](O)[C@@H](OCCCCCCCCCCCCCCCCCC)[C@H](OCCCCCCCCCCCCCCCCCC)[C@@H](O)C=O. The summed E-state index contributed by atoms with van der Waals surface area (Å²) in [5.74, 6) is 0. The Morgan fingerprint density at radius 1 is 0.303 bits per heavy atom. The van der Waals surface area contributed by atoms with E-state index in [-0.39, 0.29) is 6.61 Å². The smallest absolute Gasteiger partial charge is 0.151 e. The van der Waals surface area contributed by atoms with Crippen molar-refractivity contribution in [1.29, 1.82) is 0 Å². The van der Waals surface area contributed by atoms with Crippen LogP contribution in [-0.4, -0.2) is 67.3 Å². The van der Waals surface area contributed by atoms with Crippen molar-refractivity contribution in [2.45, 2.75) is 353 Å². The van der Waals surface area contributed by atoms with Crippen molar-refractivity contribution in [3.63, 3.8) is 0 Å². The Morgan fingerprint density at radius 2 is 0.515 bits per heavy atom. The van der Waals surface area contributed by atoms with Crippen LogP contribution in [0, 0.1) is 0 Å². The van der Waals surface area contributed by atoms with Gasteiger partial charge in [-0.15, -0.1) is 0 Å². The summed E-state index contributed by atoms with van der Waals surface area (Å²) in [6.07, 6.45) is 59.7. The lowest BCUT2D eigenvalue weighted by Crippen LogP contribution is -2.50. The highest BCUT2D eigenvalue weighted by atomic mass is 16.6. The zero-order valence-electron chi connectivity index (χ0n) is 45.2. The highest BCUT2D eigenvalue weighted by Gasteiger charge is 2.35. The average molecular weight is 938 g/mol. The highest BCUT2D eigenvalue weighted by molar-refractivity contribution is 5.56. The number of carbonyl (C=O) groups is 1. The molecule has 0 spiro atoms. The zero-order chi connectivity index (χ0) is 47.9. The molecule has 0 saturated carbocycles. The number of unbranched alkanes of at least 4 members (excludes halogenated alkanes) is 45. The molecule has 4 atom stereocenters. The van der Waals surface area contributed by atoms with Gasteiger partial charge in [0.25, 0.3) is 0 Å². The summed E-state index contributed by atoms with van der Waals surface area (Å²) in [6, 6.07) is 0. The maximum absolute atomic E-state index is 11.9. The second-order valence-electron chi connectivity index (χ2n) is 20.8. The van der Waals surface area contributed by atoms with E-state index >= 15 is 0 Å². The number of aliphatic hydroxyl groups excluding tert-OH is 2. The van der Waals surface area contributed by atoms with Gasteiger partial charge in [0.05, 0.1) is 6.61 Å². The van der Waals surface area contributed by atoms with Crippen LogP contribution in [0.1, 0.15) is 329 Å². The molecule has 6 nitrogen and oxygen atoms in total. The summed E-state index contributed by atoms with van der Waals surface area (Å²) in [5, 5.41) is 22.2. The number of aliphatic hydroxyl groups is 2. The van der Waals surface area contributed by atoms with E-state index in [0.29, 0.717) is 26.1 Å². The van der Waals surface area contributed by atoms with Crippen molar-refractivity contribution < 1.29 is 29.2 Å². The Balaban J connectivity index is 4.51. The van der Waals surface area contributed by atoms with Crippen LogP contribution in [0.25, 0.3) is 0 Å². The second kappa shape index (κ2) is 57.1. The van der Waals surface area contributed by atoms with Gasteiger partial charge in [0, 0.05) is 19.8 Å². The van der Waals surface area contributed by atoms with Gasteiger partial charge in [-0.1, -0.05) is 310 Å². The molecule has 0 aromatic heterocycles. The summed E-state index contributed by atoms with van der Waals surface area (Å²) < 4.78 is 18.5. The van der Waals surface area contributed by atoms with Crippen LogP contribution in [0.4, 0.5) is 0 Å². The van der Waals surface area contributed by atoms with Crippen molar-refractivity contribution in [3.05, 3.63) is 0 Å². The van der Waals surface area contributed by atoms with Gasteiger partial charge in [0.1, 0.15) is 24.4 Å². The normalized spacial score (nSPS) is 13.7. The van der Waals surface area contributed by atoms with E-state index < -0.39 is 24.4 Å². The monoisotopic (exact) mass is 937 g/mol. The fourth-order valence-corrected chi connectivity index (χ4v) is 9.68. The third kappa shape index (κ3) is 48.5. The molecular formula is C60H120O6. The van der Waals surface area contributed by atoms with Gasteiger partial charge in [-0.2, -0.15) is 0 Å². The number of aldehydes is 1. The lowest BCUT2D eigenvalue weighted by molar-refractivity contribution is -0.169. The first-order chi connectivity index (χ1) is 32.6. The number of hydrogen-bond acceptors (Lipinski definition) is 6. The summed E-state index contributed by atoms with van der Waals surface area (Å²) in [6.45, 7) is 8.50. The van der Waals surface area contributed by atoms with Crippen molar-refractivity contribution in [1.82, 2.24) is 0 Å². The van der Waals surface area contributed by atoms with Crippen LogP contribution in [0.3, 0.4) is 0 Å². The van der Waals surface area contributed by atoms with E-state index in [0.717, 1.165) is 38.5 Å². The van der Waals surface area contributed by atoms with Gasteiger partial charge >= 0.3 is 0 Å². The molecule has 0 aliphatic carbocycles. The fraction of sp³-hybridized carbons (Fsp3) is 0.983. The Kier molecular flexibility index (Phi) is 56.6. The van der Waals surface area contributed by atoms with Crippen LogP contribution < -0.4 is 0 Å². The van der Waals surface area contributed by atoms with Crippen molar-refractivity contribution in [2.24, 2.45) is 0 Å². The maximum atomic E-state index is 11.9. The summed E-state index contributed by atoms with van der Waals surface area (Å²) >= 11 is 0. The molecule has 0 heterocycles. The van der Waals surface area contributed by atoms with Gasteiger partial charge in [0.15, 0.2) is 6.29 Å². The van der Waals surface area contributed by atoms with Crippen molar-refractivity contribution in [2.75, 3.05) is 26.4 Å². The summed E-state index contributed by atoms with van der Waals surface area (Å²) in [5.41, 5.74) is 0. The topological polar surface area (TPSA) is 85.2 Å². The van der Waals surface area contributed by atoms with Crippen LogP contribution in [0.15, 0.2) is 0 Å². The van der Waals surface area contributed by atoms with Crippen molar-refractivity contribution in [3.8, 4) is 0 Å². The summed E-state index contributed by atoms with van der Waals surface area (Å²) in [4.78, 5) is 11.9. The first kappa shape index (κ1) is 65.5. The number of ether oxygens (including phenoxy) is 3. The molecule has 0 fully saturated rings. The molecule has 0 aromatic rings. The Labute approximate surface area is 413 Å². The minimum absolute atomic E-state index is 0.118. The average Bonchev–Trinajstić information content (AvgIpc) is 3.33. The van der Waals surface area contributed by atoms with E-state index in [2.05, 4.69) is 20.8 Å². The van der Waals surface area contributed by atoms with Crippen LogP contribution in [-0.2, 0) is 19.0 Å². The summed E-state index contributed by atoms with van der Waals surface area (Å²) in [7, 11) is 0. The van der Waals surface area contributed by atoms with Gasteiger partial charge in [-0.05, 0) is 19.3 Å². The molecule has 0 amide bonds. The molecule has 2 N–H and O–H groups in total. The first-order valence-electron chi connectivity index (χ1n) is 30.2. The lowest BCUT2D eigenvalue weighted by Gasteiger charge is -2.32. The molecule has 0 bridgehead atoms. The lowest BCUT2D eigenvalue weighted by atomic mass is 10.0. The molecule has 0 aliphatic rings. The van der Waals surface area contributed by atoms with Crippen LogP contribution >= 0.6 is 0 Å². The van der Waals surface area contributed by atoms with Gasteiger partial charge < -0.3 is 29.2 Å². The first-order valence-corrected chi connectivity index (χ1v) is 30.2. The zero-order valence-corrected chi connectivity index (χ0v) is 45.2. The van der Waals surface area contributed by atoms with E-state index in [9.17, 15) is 15.0 Å². The molecular weight excluding hydrogens is 817 g/mol. The second-order valence-corrected chi connectivity index (χ2v) is 20.8. The minimum atomic E-state index is -1.35. The predicted molar refractivity (Wildman–Crippen MR) is 287 cm³/mol. The number of carbonyl (C=O) groups excluding carboxylic acids is 1. The quantitative estimate of drug-likeness (QED) is 0.0467. The van der Waals surface area contributed by atoms with E-state index in [4.69, 9.17) is 14.2 Å². The number of hydrogen-bond donors (Lipinski definition) is 2. The molecule has 0 radical (unpaired) electrons. The fourth-order valence-electron chi connectivity index (χ4n) is 9.68. The largest absolute Gasteiger partial charge is 0.388 e. The molecule has 66 heavy (non-hydrogen) atoms. The van der Waals surface area contributed by atoms with E-state index in [1.54, 1.807) is 0 Å². The third-order valence-corrected chi connectivity index (χ3v) is 14.2. The Morgan fingerprint density at radius 3 is 0.758 bits per heavy atom. The molecule has 0 aromatic carbocycles. The molecule has 0 saturated heterocycles. The van der Waals surface area contributed by atoms with Crippen LogP contribution in [0.5, 0.6) is 0 Å². The Hall–Kier alpha value is -0.530. The Bertz CT molecular complexity index is 885. The minimum Gasteiger partial charge on any atom is -0.388 e. The molecule has 6 heteroatoms. The van der Waals surface area contributed by atoms with Crippen LogP contribution in [0.2, 0.25) is 0 Å².